The van der Waals surface area contributed by atoms with Gasteiger partial charge in [-0.05, 0) is 24.1 Å². The highest BCUT2D eigenvalue weighted by molar-refractivity contribution is 5.26. The Morgan fingerprint density at radius 3 is 2.67 bits per heavy atom. The molecule has 0 fully saturated rings. The van der Waals surface area contributed by atoms with Crippen LogP contribution in [0.2, 0.25) is 0 Å². The highest BCUT2D eigenvalue weighted by atomic mass is 16.3. The summed E-state index contributed by atoms with van der Waals surface area (Å²) in [5.41, 5.74) is 6.97. The van der Waals surface area contributed by atoms with Crippen LogP contribution in [0.25, 0.3) is 0 Å². The molecule has 0 bridgehead atoms. The molecule has 1 heterocycles. The number of nitrogens with one attached hydrogen (secondary N) is 1. The minimum atomic E-state index is -0.197. The van der Waals surface area contributed by atoms with Gasteiger partial charge in [-0.3, -0.25) is 5.10 Å². The van der Waals surface area contributed by atoms with Gasteiger partial charge in [0.05, 0.1) is 6.04 Å². The van der Waals surface area contributed by atoms with Crippen molar-refractivity contribution in [3.05, 3.63) is 42.0 Å². The number of hydrogen-bond acceptors (Lipinski definition) is 4. The highest BCUT2D eigenvalue weighted by Crippen LogP contribution is 2.15. The molecule has 2 aromatic rings. The maximum Gasteiger partial charge on any atom is 0.141 e. The second-order valence-corrected chi connectivity index (χ2v) is 3.35. The molecule has 0 aliphatic rings. The van der Waals surface area contributed by atoms with E-state index in [0.717, 1.165) is 5.56 Å². The van der Waals surface area contributed by atoms with E-state index >= 15 is 0 Å². The standard InChI is InChI=1S/C10H12N4O/c11-9(10-12-6-13-14-10)5-7-1-3-8(15)4-2-7/h1-4,6,9,15H,5,11H2,(H,12,13,14). The molecule has 5 heteroatoms. The molecule has 2 rings (SSSR count). The first-order chi connectivity index (χ1) is 7.25. The third kappa shape index (κ3) is 2.32. The fourth-order valence-electron chi connectivity index (χ4n) is 1.38. The number of hydrogen-bond donors (Lipinski definition) is 3. The van der Waals surface area contributed by atoms with Gasteiger partial charge >= 0.3 is 0 Å². The van der Waals surface area contributed by atoms with Crippen molar-refractivity contribution in [3.8, 4) is 5.75 Å². The van der Waals surface area contributed by atoms with Gasteiger partial charge in [0.2, 0.25) is 0 Å². The number of nitrogens with two attached hydrogens (primary N) is 1. The number of phenolic OH excluding ortho intramolecular Hbond substituents is 1. The Labute approximate surface area is 87.0 Å². The normalized spacial score (nSPS) is 12.6. The molecule has 1 atom stereocenters. The summed E-state index contributed by atoms with van der Waals surface area (Å²) in [7, 11) is 0. The maximum absolute atomic E-state index is 9.11. The van der Waals surface area contributed by atoms with E-state index in [0.29, 0.717) is 12.2 Å². The lowest BCUT2D eigenvalue weighted by Gasteiger charge is -2.07. The van der Waals surface area contributed by atoms with Gasteiger partial charge in [0, 0.05) is 0 Å². The van der Waals surface area contributed by atoms with Crippen LogP contribution in [0.3, 0.4) is 0 Å². The van der Waals surface area contributed by atoms with E-state index in [9.17, 15) is 0 Å². The van der Waals surface area contributed by atoms with Crippen LogP contribution in [0.5, 0.6) is 5.75 Å². The SMILES string of the molecule is NC(Cc1ccc(O)cc1)c1ncn[nH]1. The summed E-state index contributed by atoms with van der Waals surface area (Å²) >= 11 is 0. The number of benzene rings is 1. The van der Waals surface area contributed by atoms with Crippen molar-refractivity contribution >= 4 is 0 Å². The molecule has 0 amide bonds. The number of H-pyrrole nitrogens is 1. The summed E-state index contributed by atoms with van der Waals surface area (Å²) in [5.74, 6) is 0.926. The Kier molecular flexibility index (Phi) is 2.64. The molecular formula is C10H12N4O. The van der Waals surface area contributed by atoms with Crippen molar-refractivity contribution in [2.24, 2.45) is 5.73 Å². The molecule has 1 aromatic carbocycles. The van der Waals surface area contributed by atoms with Gasteiger partial charge in [0.1, 0.15) is 17.9 Å². The molecule has 0 spiro atoms. The second-order valence-electron chi connectivity index (χ2n) is 3.35. The van der Waals surface area contributed by atoms with Gasteiger partial charge in [-0.25, -0.2) is 4.98 Å². The molecule has 78 valence electrons. The summed E-state index contributed by atoms with van der Waals surface area (Å²) in [5, 5.41) is 15.6. The summed E-state index contributed by atoms with van der Waals surface area (Å²) in [6.45, 7) is 0. The molecule has 0 aliphatic carbocycles. The van der Waals surface area contributed by atoms with Crippen molar-refractivity contribution in [1.29, 1.82) is 0 Å². The lowest BCUT2D eigenvalue weighted by molar-refractivity contribution is 0.475. The van der Waals surface area contributed by atoms with Gasteiger partial charge in [-0.15, -0.1) is 0 Å². The van der Waals surface area contributed by atoms with Crippen molar-refractivity contribution in [2.75, 3.05) is 0 Å². The van der Waals surface area contributed by atoms with E-state index in [-0.39, 0.29) is 11.8 Å². The van der Waals surface area contributed by atoms with E-state index in [1.807, 2.05) is 12.1 Å². The summed E-state index contributed by atoms with van der Waals surface area (Å²) in [4.78, 5) is 3.99. The predicted molar refractivity (Wildman–Crippen MR) is 55.1 cm³/mol. The largest absolute Gasteiger partial charge is 0.508 e. The average Bonchev–Trinajstić information content (AvgIpc) is 2.74. The van der Waals surface area contributed by atoms with Gasteiger partial charge in [-0.2, -0.15) is 5.10 Å². The van der Waals surface area contributed by atoms with Crippen molar-refractivity contribution in [2.45, 2.75) is 12.5 Å². The molecule has 1 unspecified atom stereocenters. The molecule has 4 N–H and O–H groups in total. The minimum Gasteiger partial charge on any atom is -0.508 e. The molecule has 1 aromatic heterocycles. The lowest BCUT2D eigenvalue weighted by Crippen LogP contribution is -2.14. The third-order valence-electron chi connectivity index (χ3n) is 2.18. The van der Waals surface area contributed by atoms with Gasteiger partial charge in [0.25, 0.3) is 0 Å². The number of aromatic nitrogens is 3. The smallest absolute Gasteiger partial charge is 0.141 e. The maximum atomic E-state index is 9.11. The molecule has 5 nitrogen and oxygen atoms in total. The van der Waals surface area contributed by atoms with Gasteiger partial charge < -0.3 is 10.8 Å². The number of aromatic hydroxyl groups is 1. The van der Waals surface area contributed by atoms with Crippen LogP contribution in [0, 0.1) is 0 Å². The number of rotatable bonds is 3. The molecule has 15 heavy (non-hydrogen) atoms. The minimum absolute atomic E-state index is 0.197. The monoisotopic (exact) mass is 204 g/mol. The first-order valence-corrected chi connectivity index (χ1v) is 4.64. The molecule has 0 saturated heterocycles. The first kappa shape index (κ1) is 9.67. The highest BCUT2D eigenvalue weighted by Gasteiger charge is 2.09. The molecule has 0 saturated carbocycles. The van der Waals surface area contributed by atoms with Crippen LogP contribution < -0.4 is 5.73 Å². The number of nitrogens with zero attached hydrogens (tertiary/aromatic N) is 2. The van der Waals surface area contributed by atoms with E-state index in [2.05, 4.69) is 15.2 Å². The van der Waals surface area contributed by atoms with E-state index in [1.165, 1.54) is 6.33 Å². The molecule has 0 aliphatic heterocycles. The van der Waals surface area contributed by atoms with Crippen LogP contribution in [0.1, 0.15) is 17.4 Å². The molecular weight excluding hydrogens is 192 g/mol. The van der Waals surface area contributed by atoms with E-state index in [1.54, 1.807) is 12.1 Å². The number of phenols is 1. The van der Waals surface area contributed by atoms with Gasteiger partial charge in [-0.1, -0.05) is 12.1 Å². The Hall–Kier alpha value is -1.88. The number of aromatic amines is 1. The van der Waals surface area contributed by atoms with Gasteiger partial charge in [0.15, 0.2) is 0 Å². The van der Waals surface area contributed by atoms with Crippen molar-refractivity contribution < 1.29 is 5.11 Å². The Morgan fingerprint density at radius 1 is 1.33 bits per heavy atom. The summed E-state index contributed by atoms with van der Waals surface area (Å²) < 4.78 is 0. The first-order valence-electron chi connectivity index (χ1n) is 4.64. The molecule has 0 radical (unpaired) electrons. The topological polar surface area (TPSA) is 87.8 Å². The fourth-order valence-corrected chi connectivity index (χ4v) is 1.38. The van der Waals surface area contributed by atoms with Crippen LogP contribution >= 0.6 is 0 Å². The Morgan fingerprint density at radius 2 is 2.07 bits per heavy atom. The fraction of sp³-hybridized carbons (Fsp3) is 0.200. The van der Waals surface area contributed by atoms with Crippen LogP contribution in [-0.2, 0) is 6.42 Å². The zero-order valence-electron chi connectivity index (χ0n) is 8.09. The summed E-state index contributed by atoms with van der Waals surface area (Å²) in [6, 6.07) is 6.76. The predicted octanol–water partition coefficient (Wildman–Crippen LogP) is 0.753. The zero-order chi connectivity index (χ0) is 10.7. The zero-order valence-corrected chi connectivity index (χ0v) is 8.09. The lowest BCUT2D eigenvalue weighted by atomic mass is 10.1. The van der Waals surface area contributed by atoms with E-state index < -0.39 is 0 Å². The van der Waals surface area contributed by atoms with Crippen molar-refractivity contribution in [3.63, 3.8) is 0 Å². The van der Waals surface area contributed by atoms with Crippen molar-refractivity contribution in [1.82, 2.24) is 15.2 Å². The second kappa shape index (κ2) is 4.10. The van der Waals surface area contributed by atoms with Crippen LogP contribution in [0.15, 0.2) is 30.6 Å². The Balaban J connectivity index is 2.06. The summed E-state index contributed by atoms with van der Waals surface area (Å²) in [6.07, 6.45) is 2.10. The third-order valence-corrected chi connectivity index (χ3v) is 2.18. The van der Waals surface area contributed by atoms with E-state index in [4.69, 9.17) is 10.8 Å². The quantitative estimate of drug-likeness (QED) is 0.688. The Bertz CT molecular complexity index is 409. The van der Waals surface area contributed by atoms with Crippen LogP contribution in [0.4, 0.5) is 0 Å². The average molecular weight is 204 g/mol. The van der Waals surface area contributed by atoms with Crippen LogP contribution in [-0.4, -0.2) is 20.3 Å².